The summed E-state index contributed by atoms with van der Waals surface area (Å²) in [5.74, 6) is -0.0190. The lowest BCUT2D eigenvalue weighted by molar-refractivity contribution is -0.127. The summed E-state index contributed by atoms with van der Waals surface area (Å²) in [6.45, 7) is 4.98. The molecule has 1 spiro atoms. The van der Waals surface area contributed by atoms with E-state index in [4.69, 9.17) is 0 Å². The van der Waals surface area contributed by atoms with Crippen LogP contribution in [-0.2, 0) is 4.79 Å². The minimum Gasteiger partial charge on any atom is -0.342 e. The zero-order chi connectivity index (χ0) is 19.6. The van der Waals surface area contributed by atoms with E-state index in [0.29, 0.717) is 51.3 Å². The molecule has 27 heavy (non-hydrogen) atoms. The molecule has 8 nitrogen and oxygen atoms in total. The van der Waals surface area contributed by atoms with Gasteiger partial charge in [0.1, 0.15) is 0 Å². The Labute approximate surface area is 159 Å². The number of amides is 4. The van der Waals surface area contributed by atoms with Gasteiger partial charge in [0.2, 0.25) is 5.91 Å². The molecule has 0 aromatic carbocycles. The number of nitrogens with zero attached hydrogens (tertiary/aromatic N) is 5. The van der Waals surface area contributed by atoms with E-state index in [9.17, 15) is 14.4 Å². The van der Waals surface area contributed by atoms with Gasteiger partial charge >= 0.3 is 6.03 Å². The van der Waals surface area contributed by atoms with Crippen molar-refractivity contribution in [2.75, 3.05) is 53.4 Å². The lowest BCUT2D eigenvalue weighted by atomic mass is 9.86. The molecule has 3 heterocycles. The van der Waals surface area contributed by atoms with Gasteiger partial charge in [-0.25, -0.2) is 4.79 Å². The van der Waals surface area contributed by atoms with Gasteiger partial charge in [-0.2, -0.15) is 0 Å². The molecule has 1 aromatic rings. The Kier molecular flexibility index (Phi) is 5.34. The van der Waals surface area contributed by atoms with Gasteiger partial charge < -0.3 is 19.6 Å². The smallest absolute Gasteiger partial charge is 0.319 e. The van der Waals surface area contributed by atoms with Crippen LogP contribution in [0.3, 0.4) is 0 Å². The first-order chi connectivity index (χ1) is 12.8. The second-order valence-electron chi connectivity index (χ2n) is 7.65. The summed E-state index contributed by atoms with van der Waals surface area (Å²) < 4.78 is 0. The molecule has 8 heteroatoms. The van der Waals surface area contributed by atoms with Crippen molar-refractivity contribution in [2.24, 2.45) is 5.41 Å². The minimum atomic E-state index is -0.437. The molecule has 146 valence electrons. The van der Waals surface area contributed by atoms with Crippen LogP contribution >= 0.6 is 0 Å². The largest absolute Gasteiger partial charge is 0.342 e. The Morgan fingerprint density at radius 1 is 1.19 bits per heavy atom. The van der Waals surface area contributed by atoms with E-state index in [-0.39, 0.29) is 17.8 Å². The highest BCUT2D eigenvalue weighted by Gasteiger charge is 2.47. The highest BCUT2D eigenvalue weighted by atomic mass is 16.2. The summed E-state index contributed by atoms with van der Waals surface area (Å²) in [7, 11) is 3.44. The fourth-order valence-electron chi connectivity index (χ4n) is 4.03. The molecule has 4 amide bonds. The van der Waals surface area contributed by atoms with E-state index in [2.05, 4.69) is 4.98 Å². The number of aromatic nitrogens is 1. The van der Waals surface area contributed by atoms with Crippen molar-refractivity contribution in [1.29, 1.82) is 0 Å². The maximum atomic E-state index is 13.0. The number of hydrogen-bond donors (Lipinski definition) is 0. The van der Waals surface area contributed by atoms with Crippen LogP contribution in [-0.4, -0.2) is 95.8 Å². The number of urea groups is 1. The van der Waals surface area contributed by atoms with Gasteiger partial charge in [0.25, 0.3) is 5.91 Å². The Balaban J connectivity index is 1.89. The number of hydrogen-bond acceptors (Lipinski definition) is 4. The normalized spacial score (nSPS) is 22.9. The van der Waals surface area contributed by atoms with Crippen molar-refractivity contribution in [2.45, 2.75) is 13.3 Å². The highest BCUT2D eigenvalue weighted by Crippen LogP contribution is 2.35. The maximum absolute atomic E-state index is 13.0. The Hall–Kier alpha value is -2.64. The van der Waals surface area contributed by atoms with Crippen LogP contribution < -0.4 is 0 Å². The van der Waals surface area contributed by atoms with Crippen LogP contribution in [0.15, 0.2) is 24.5 Å². The summed E-state index contributed by atoms with van der Waals surface area (Å²) in [5, 5.41) is 0. The second-order valence-corrected chi connectivity index (χ2v) is 7.65. The monoisotopic (exact) mass is 373 g/mol. The second kappa shape index (κ2) is 7.54. The third-order valence-corrected chi connectivity index (χ3v) is 5.33. The van der Waals surface area contributed by atoms with Gasteiger partial charge in [0.05, 0.1) is 5.56 Å². The molecule has 0 radical (unpaired) electrons. The Bertz CT molecular complexity index is 723. The molecule has 2 aliphatic heterocycles. The van der Waals surface area contributed by atoms with Gasteiger partial charge in [-0.15, -0.1) is 0 Å². The molecule has 0 aliphatic carbocycles. The van der Waals surface area contributed by atoms with Crippen LogP contribution in [0.4, 0.5) is 4.79 Å². The minimum absolute atomic E-state index is 0.0884. The first kappa shape index (κ1) is 19.1. The molecular weight excluding hydrogens is 346 g/mol. The van der Waals surface area contributed by atoms with E-state index in [1.807, 2.05) is 11.8 Å². The molecule has 0 bridgehead atoms. The third kappa shape index (κ3) is 3.89. The molecule has 0 saturated carbocycles. The molecule has 2 aliphatic rings. The lowest BCUT2D eigenvalue weighted by Gasteiger charge is -2.34. The molecule has 3 rings (SSSR count). The van der Waals surface area contributed by atoms with Gasteiger partial charge in [0, 0.05) is 77.6 Å². The molecule has 1 unspecified atom stereocenters. The first-order valence-electron chi connectivity index (χ1n) is 9.28. The number of pyridine rings is 1. The fraction of sp³-hybridized carbons (Fsp3) is 0.579. The molecule has 1 atom stereocenters. The predicted octanol–water partition coefficient (Wildman–Crippen LogP) is 0.760. The van der Waals surface area contributed by atoms with Gasteiger partial charge in [-0.1, -0.05) is 0 Å². The fourth-order valence-corrected chi connectivity index (χ4v) is 4.03. The first-order valence-corrected chi connectivity index (χ1v) is 9.28. The summed E-state index contributed by atoms with van der Waals surface area (Å²) >= 11 is 0. The van der Waals surface area contributed by atoms with E-state index >= 15 is 0 Å². The standard InChI is InChI=1S/C19H27N5O3/c1-4-22-12-19(10-16(22)25)13-23(17(26)15-6-5-7-20-11-15)8-9-24(14-19)18(27)21(2)3/h5-7,11H,4,8-10,12-14H2,1-3H3. The Morgan fingerprint density at radius 3 is 2.48 bits per heavy atom. The van der Waals surface area contributed by atoms with Gasteiger partial charge in [0.15, 0.2) is 0 Å². The average Bonchev–Trinajstić information content (AvgIpc) is 2.86. The lowest BCUT2D eigenvalue weighted by Crippen LogP contribution is -2.47. The van der Waals surface area contributed by atoms with Crippen LogP contribution in [0.1, 0.15) is 23.7 Å². The van der Waals surface area contributed by atoms with Crippen molar-refractivity contribution in [1.82, 2.24) is 24.6 Å². The van der Waals surface area contributed by atoms with Crippen molar-refractivity contribution in [3.05, 3.63) is 30.1 Å². The molecular formula is C19H27N5O3. The average molecular weight is 373 g/mol. The van der Waals surface area contributed by atoms with Crippen LogP contribution in [0.25, 0.3) is 0 Å². The van der Waals surface area contributed by atoms with Crippen LogP contribution in [0, 0.1) is 5.41 Å². The maximum Gasteiger partial charge on any atom is 0.319 e. The van der Waals surface area contributed by atoms with E-state index in [0.717, 1.165) is 0 Å². The topological polar surface area (TPSA) is 77.1 Å². The molecule has 0 N–H and O–H groups in total. The van der Waals surface area contributed by atoms with Crippen molar-refractivity contribution < 1.29 is 14.4 Å². The van der Waals surface area contributed by atoms with E-state index < -0.39 is 5.41 Å². The van der Waals surface area contributed by atoms with Gasteiger partial charge in [-0.05, 0) is 19.1 Å². The van der Waals surface area contributed by atoms with Crippen LogP contribution in [0.5, 0.6) is 0 Å². The third-order valence-electron chi connectivity index (χ3n) is 5.33. The zero-order valence-corrected chi connectivity index (χ0v) is 16.2. The number of carbonyl (C=O) groups excluding carboxylic acids is 3. The number of likely N-dealkylation sites (tertiary alicyclic amines) is 1. The van der Waals surface area contributed by atoms with Crippen molar-refractivity contribution in [3.8, 4) is 0 Å². The Morgan fingerprint density at radius 2 is 1.89 bits per heavy atom. The van der Waals surface area contributed by atoms with Crippen molar-refractivity contribution in [3.63, 3.8) is 0 Å². The summed E-state index contributed by atoms with van der Waals surface area (Å²) in [6.07, 6.45) is 3.54. The quantitative estimate of drug-likeness (QED) is 0.767. The summed E-state index contributed by atoms with van der Waals surface area (Å²) in [5.41, 5.74) is 0.0874. The molecule has 2 saturated heterocycles. The van der Waals surface area contributed by atoms with Crippen molar-refractivity contribution >= 4 is 17.8 Å². The van der Waals surface area contributed by atoms with E-state index in [1.54, 1.807) is 53.3 Å². The SMILES string of the molecule is CCN1CC2(CC1=O)CN(C(=O)c1cccnc1)CCN(C(=O)N(C)C)C2. The molecule has 1 aromatic heterocycles. The number of carbonyl (C=O) groups is 3. The van der Waals surface area contributed by atoms with Crippen LogP contribution in [0.2, 0.25) is 0 Å². The van der Waals surface area contributed by atoms with Gasteiger partial charge in [-0.3, -0.25) is 14.6 Å². The van der Waals surface area contributed by atoms with E-state index in [1.165, 1.54) is 0 Å². The summed E-state index contributed by atoms with van der Waals surface area (Å²) in [6, 6.07) is 3.39. The highest BCUT2D eigenvalue weighted by molar-refractivity contribution is 5.94. The number of rotatable bonds is 2. The molecule has 2 fully saturated rings. The summed E-state index contributed by atoms with van der Waals surface area (Å²) in [4.78, 5) is 49.0. The zero-order valence-electron chi connectivity index (χ0n) is 16.2. The predicted molar refractivity (Wildman–Crippen MR) is 100 cm³/mol.